The fraction of sp³-hybridized carbons (Fsp3) is 0.867. The Bertz CT molecular complexity index is 814. The molecule has 4 fully saturated rings. The van der Waals surface area contributed by atoms with Gasteiger partial charge in [0.2, 0.25) is 0 Å². The maximum absolute atomic E-state index is 10.8. The van der Waals surface area contributed by atoms with Crippen LogP contribution in [-0.2, 0) is 0 Å². The molecular formula is C30H48O. The van der Waals surface area contributed by atoms with Gasteiger partial charge in [-0.1, -0.05) is 57.9 Å². The van der Waals surface area contributed by atoms with Crippen LogP contribution in [0.1, 0.15) is 113 Å². The maximum Gasteiger partial charge on any atom is 0.0594 e. The Labute approximate surface area is 192 Å². The number of hydrogen-bond acceptors (Lipinski definition) is 1. The minimum Gasteiger partial charge on any atom is -0.393 e. The van der Waals surface area contributed by atoms with Gasteiger partial charge in [-0.05, 0) is 123 Å². The lowest BCUT2D eigenvalue weighted by Gasteiger charge is -2.60. The third-order valence-electron chi connectivity index (χ3n) is 12.4. The molecule has 0 aromatic carbocycles. The monoisotopic (exact) mass is 424 g/mol. The van der Waals surface area contributed by atoms with E-state index < -0.39 is 0 Å². The van der Waals surface area contributed by atoms with E-state index in [1.54, 1.807) is 0 Å². The summed E-state index contributed by atoms with van der Waals surface area (Å²) in [5.74, 6) is 2.38. The summed E-state index contributed by atoms with van der Waals surface area (Å²) in [6.07, 6.45) is 18.3. The van der Waals surface area contributed by atoms with Crippen molar-refractivity contribution in [3.05, 3.63) is 23.3 Å². The summed E-state index contributed by atoms with van der Waals surface area (Å²) in [4.78, 5) is 0. The second-order valence-corrected chi connectivity index (χ2v) is 13.9. The first kappa shape index (κ1) is 22.2. The van der Waals surface area contributed by atoms with Gasteiger partial charge < -0.3 is 5.11 Å². The van der Waals surface area contributed by atoms with Gasteiger partial charge in [0.1, 0.15) is 0 Å². The first-order valence-electron chi connectivity index (χ1n) is 13.5. The van der Waals surface area contributed by atoms with Crippen LogP contribution in [0, 0.1) is 44.8 Å². The van der Waals surface area contributed by atoms with Crippen LogP contribution < -0.4 is 0 Å². The predicted octanol–water partition coefficient (Wildman–Crippen LogP) is 8.09. The average Bonchev–Trinajstić information content (AvgIpc) is 3.27. The van der Waals surface area contributed by atoms with Gasteiger partial charge >= 0.3 is 0 Å². The van der Waals surface area contributed by atoms with Gasteiger partial charge in [0.15, 0.2) is 0 Å². The van der Waals surface area contributed by atoms with E-state index in [9.17, 15) is 5.11 Å². The van der Waals surface area contributed by atoms with Crippen molar-refractivity contribution in [2.24, 2.45) is 44.8 Å². The van der Waals surface area contributed by atoms with Crippen molar-refractivity contribution in [2.75, 3.05) is 0 Å². The Morgan fingerprint density at radius 1 is 1.10 bits per heavy atom. The van der Waals surface area contributed by atoms with Crippen LogP contribution in [0.25, 0.3) is 0 Å². The summed E-state index contributed by atoms with van der Waals surface area (Å²) in [6, 6.07) is 0. The molecule has 0 saturated heterocycles. The van der Waals surface area contributed by atoms with Crippen LogP contribution in [0.4, 0.5) is 0 Å². The van der Waals surface area contributed by atoms with Crippen LogP contribution in [0.15, 0.2) is 23.3 Å². The van der Waals surface area contributed by atoms with Crippen LogP contribution in [-0.4, -0.2) is 11.2 Å². The molecule has 4 saturated carbocycles. The zero-order valence-electron chi connectivity index (χ0n) is 21.5. The largest absolute Gasteiger partial charge is 0.393 e. The van der Waals surface area contributed by atoms with E-state index in [2.05, 4.69) is 60.6 Å². The van der Waals surface area contributed by atoms with Crippen LogP contribution in [0.2, 0.25) is 0 Å². The van der Waals surface area contributed by atoms with Gasteiger partial charge in [0.05, 0.1) is 6.10 Å². The lowest BCUT2D eigenvalue weighted by molar-refractivity contribution is -0.0905. The zero-order valence-corrected chi connectivity index (χ0v) is 21.5. The number of aliphatic hydroxyl groups excluding tert-OH is 1. The summed E-state index contributed by atoms with van der Waals surface area (Å²) >= 11 is 0. The molecule has 0 bridgehead atoms. The molecule has 1 heteroatoms. The van der Waals surface area contributed by atoms with E-state index >= 15 is 0 Å². The third-order valence-corrected chi connectivity index (χ3v) is 12.4. The molecule has 31 heavy (non-hydrogen) atoms. The highest BCUT2D eigenvalue weighted by Gasteiger charge is 2.80. The Morgan fingerprint density at radius 2 is 1.84 bits per heavy atom. The molecular weight excluding hydrogens is 376 g/mol. The van der Waals surface area contributed by atoms with Gasteiger partial charge in [-0.2, -0.15) is 0 Å². The molecule has 0 aromatic rings. The lowest BCUT2D eigenvalue weighted by atomic mass is 9.45. The quantitative estimate of drug-likeness (QED) is 0.452. The SMILES string of the molecule is CC(C)=CCC[C@@H](C)[C@H]1CC[C@@]2(C)C3=CC[C@H]4C(C)(C)[C@@H](O)CC[C@@]45C[C@]35CC[C@]12C. The standard InChI is InChI=1S/C30H48O/c1-20(2)9-8-10-21(3)22-13-15-28(7)24-12-11-23-26(4,5)25(31)14-16-29(23)19-30(24,29)18-17-27(22,28)6/h9,12,21-23,25,31H,8,10-11,13-19H2,1-7H3/t21-,22-,23+,25+,27-,28+,29-,30-/m1/s1. The Hall–Kier alpha value is -0.560. The Kier molecular flexibility index (Phi) is 4.84. The van der Waals surface area contributed by atoms with Gasteiger partial charge in [-0.25, -0.2) is 0 Å². The molecule has 0 heterocycles. The van der Waals surface area contributed by atoms with Crippen molar-refractivity contribution in [1.82, 2.24) is 0 Å². The molecule has 5 aliphatic rings. The van der Waals surface area contributed by atoms with Crippen molar-refractivity contribution >= 4 is 0 Å². The van der Waals surface area contributed by atoms with E-state index in [-0.39, 0.29) is 11.5 Å². The summed E-state index contributed by atoms with van der Waals surface area (Å²) in [5, 5.41) is 10.8. The molecule has 1 N–H and O–H groups in total. The third kappa shape index (κ3) is 2.65. The van der Waals surface area contributed by atoms with E-state index in [0.29, 0.717) is 27.6 Å². The van der Waals surface area contributed by atoms with Gasteiger partial charge in [-0.15, -0.1) is 0 Å². The number of fused-ring (bicyclic) bond motifs is 2. The zero-order chi connectivity index (χ0) is 22.4. The molecule has 174 valence electrons. The molecule has 0 aliphatic heterocycles. The molecule has 0 radical (unpaired) electrons. The van der Waals surface area contributed by atoms with Crippen LogP contribution in [0.3, 0.4) is 0 Å². The number of allylic oxidation sites excluding steroid dienone is 4. The van der Waals surface area contributed by atoms with Gasteiger partial charge in [0.25, 0.3) is 0 Å². The molecule has 5 rings (SSSR count). The van der Waals surface area contributed by atoms with Crippen molar-refractivity contribution < 1.29 is 5.11 Å². The van der Waals surface area contributed by atoms with E-state index in [4.69, 9.17) is 0 Å². The fourth-order valence-corrected chi connectivity index (χ4v) is 10.3. The first-order chi connectivity index (χ1) is 14.4. The minimum absolute atomic E-state index is 0.0725. The average molecular weight is 425 g/mol. The highest BCUT2D eigenvalue weighted by Crippen LogP contribution is 2.87. The molecule has 0 aromatic heterocycles. The molecule has 0 amide bonds. The molecule has 8 atom stereocenters. The Balaban J connectivity index is 1.45. The fourth-order valence-electron chi connectivity index (χ4n) is 10.3. The van der Waals surface area contributed by atoms with Crippen molar-refractivity contribution in [3.8, 4) is 0 Å². The van der Waals surface area contributed by atoms with Gasteiger partial charge in [-0.3, -0.25) is 0 Å². The van der Waals surface area contributed by atoms with E-state index in [0.717, 1.165) is 18.3 Å². The predicted molar refractivity (Wildman–Crippen MR) is 131 cm³/mol. The number of aliphatic hydroxyl groups is 1. The van der Waals surface area contributed by atoms with Crippen molar-refractivity contribution in [3.63, 3.8) is 0 Å². The number of hydrogen-bond donors (Lipinski definition) is 1. The van der Waals surface area contributed by atoms with Gasteiger partial charge in [0, 0.05) is 0 Å². The van der Waals surface area contributed by atoms with Crippen LogP contribution >= 0.6 is 0 Å². The smallest absolute Gasteiger partial charge is 0.0594 e. The second kappa shape index (κ2) is 6.74. The highest BCUT2D eigenvalue weighted by molar-refractivity contribution is 5.45. The summed E-state index contributed by atoms with van der Waals surface area (Å²) < 4.78 is 0. The van der Waals surface area contributed by atoms with Crippen molar-refractivity contribution in [2.45, 2.75) is 119 Å². The second-order valence-electron chi connectivity index (χ2n) is 13.9. The van der Waals surface area contributed by atoms with Crippen LogP contribution in [0.5, 0.6) is 0 Å². The summed E-state index contributed by atoms with van der Waals surface area (Å²) in [7, 11) is 0. The van der Waals surface area contributed by atoms with Crippen molar-refractivity contribution in [1.29, 1.82) is 0 Å². The summed E-state index contributed by atoms with van der Waals surface area (Å²) in [6.45, 7) is 17.1. The molecule has 5 aliphatic carbocycles. The van der Waals surface area contributed by atoms with E-state index in [1.807, 2.05) is 5.57 Å². The number of rotatable bonds is 4. The lowest BCUT2D eigenvalue weighted by Crippen LogP contribution is -2.53. The first-order valence-corrected chi connectivity index (χ1v) is 13.5. The molecule has 0 unspecified atom stereocenters. The maximum atomic E-state index is 10.8. The normalized spacial score (nSPS) is 50.3. The molecule has 1 nitrogen and oxygen atoms in total. The molecule has 2 spiro atoms. The van der Waals surface area contributed by atoms with E-state index in [1.165, 1.54) is 63.4 Å². The minimum atomic E-state index is -0.113. The Morgan fingerprint density at radius 3 is 2.55 bits per heavy atom. The topological polar surface area (TPSA) is 20.2 Å². The summed E-state index contributed by atoms with van der Waals surface area (Å²) in [5.41, 5.74) is 5.30. The highest BCUT2D eigenvalue weighted by atomic mass is 16.3.